The number of thioether (sulfide) groups is 1. The fourth-order valence-corrected chi connectivity index (χ4v) is 7.04. The van der Waals surface area contributed by atoms with Gasteiger partial charge in [-0.05, 0) is 29.8 Å². The van der Waals surface area contributed by atoms with E-state index in [4.69, 9.17) is 28.2 Å². The first-order valence-corrected chi connectivity index (χ1v) is 11.7. The number of sulfone groups is 1. The number of para-hydroxylation sites is 1. The minimum absolute atomic E-state index is 0.109. The van der Waals surface area contributed by atoms with Crippen molar-refractivity contribution in [2.24, 2.45) is 4.99 Å². The third-order valence-electron chi connectivity index (χ3n) is 4.55. The van der Waals surface area contributed by atoms with E-state index in [1.807, 2.05) is 53.4 Å². The summed E-state index contributed by atoms with van der Waals surface area (Å²) in [6.45, 7) is 0. The molecule has 2 heterocycles. The molecule has 8 heteroatoms. The van der Waals surface area contributed by atoms with Crippen LogP contribution < -0.4 is 4.90 Å². The van der Waals surface area contributed by atoms with Crippen LogP contribution in [0.5, 0.6) is 0 Å². The van der Waals surface area contributed by atoms with Crippen LogP contribution in [0, 0.1) is 0 Å². The van der Waals surface area contributed by atoms with E-state index in [0.717, 1.165) is 16.4 Å². The summed E-state index contributed by atoms with van der Waals surface area (Å²) >= 11 is 14.1. The summed E-state index contributed by atoms with van der Waals surface area (Å²) in [5.41, 5.74) is 1.81. The zero-order chi connectivity index (χ0) is 18.3. The van der Waals surface area contributed by atoms with Gasteiger partial charge in [-0.2, -0.15) is 0 Å². The summed E-state index contributed by atoms with van der Waals surface area (Å²) in [7, 11) is -3.05. The molecule has 1 saturated heterocycles. The summed E-state index contributed by atoms with van der Waals surface area (Å²) in [6, 6.07) is 14.9. The first-order chi connectivity index (χ1) is 12.4. The molecule has 0 saturated carbocycles. The summed E-state index contributed by atoms with van der Waals surface area (Å²) in [5.74, 6) is 0.817. The van der Waals surface area contributed by atoms with Crippen LogP contribution in [0.2, 0.25) is 10.0 Å². The Morgan fingerprint density at radius 1 is 1.04 bits per heavy atom. The topological polar surface area (TPSA) is 49.7 Å². The van der Waals surface area contributed by atoms with Gasteiger partial charge in [-0.15, -0.1) is 0 Å². The number of halogens is 2. The minimum Gasteiger partial charge on any atom is -0.315 e. The first-order valence-electron chi connectivity index (χ1n) is 8.13. The van der Waals surface area contributed by atoms with Gasteiger partial charge in [0.05, 0.1) is 23.6 Å². The molecular formula is C18H16Cl2N2O2S2. The molecule has 0 aliphatic carbocycles. The average molecular weight is 427 g/mol. The van der Waals surface area contributed by atoms with Gasteiger partial charge in [0.15, 0.2) is 15.0 Å². The van der Waals surface area contributed by atoms with Gasteiger partial charge in [-0.1, -0.05) is 59.2 Å². The van der Waals surface area contributed by atoms with Gasteiger partial charge >= 0.3 is 0 Å². The van der Waals surface area contributed by atoms with Crippen molar-refractivity contribution in [3.8, 4) is 0 Å². The van der Waals surface area contributed by atoms with Gasteiger partial charge in [-0.25, -0.2) is 8.42 Å². The highest BCUT2D eigenvalue weighted by Gasteiger charge is 2.47. The quantitative estimate of drug-likeness (QED) is 0.734. The third-order valence-corrected chi connectivity index (χ3v) is 7.95. The van der Waals surface area contributed by atoms with E-state index in [2.05, 4.69) is 0 Å². The van der Waals surface area contributed by atoms with Crippen LogP contribution in [0.1, 0.15) is 5.56 Å². The van der Waals surface area contributed by atoms with Crippen molar-refractivity contribution in [2.45, 2.75) is 17.8 Å². The number of rotatable bonds is 3. The van der Waals surface area contributed by atoms with E-state index < -0.39 is 9.84 Å². The highest BCUT2D eigenvalue weighted by Crippen LogP contribution is 2.37. The third kappa shape index (κ3) is 3.48. The van der Waals surface area contributed by atoms with Crippen LogP contribution in [0.25, 0.3) is 0 Å². The van der Waals surface area contributed by atoms with Crippen LogP contribution in [-0.4, -0.2) is 37.2 Å². The van der Waals surface area contributed by atoms with E-state index in [9.17, 15) is 8.42 Å². The largest absolute Gasteiger partial charge is 0.315 e. The lowest BCUT2D eigenvalue weighted by Crippen LogP contribution is -2.39. The van der Waals surface area contributed by atoms with Gasteiger partial charge in [0.25, 0.3) is 0 Å². The number of anilines is 1. The molecule has 2 aliphatic rings. The number of nitrogens with zero attached hydrogens (tertiary/aromatic N) is 2. The lowest BCUT2D eigenvalue weighted by atomic mass is 10.1. The van der Waals surface area contributed by atoms with E-state index in [1.54, 1.807) is 0 Å². The van der Waals surface area contributed by atoms with Crippen LogP contribution in [0.3, 0.4) is 0 Å². The molecule has 2 atom stereocenters. The van der Waals surface area contributed by atoms with Crippen LogP contribution in [0.15, 0.2) is 53.5 Å². The molecule has 2 aliphatic heterocycles. The van der Waals surface area contributed by atoms with Crippen LogP contribution in [0.4, 0.5) is 5.69 Å². The fourth-order valence-electron chi connectivity index (χ4n) is 3.33. The Bertz CT molecular complexity index is 944. The molecule has 1 fully saturated rings. The number of hydrogen-bond acceptors (Lipinski definition) is 5. The van der Waals surface area contributed by atoms with Gasteiger partial charge in [0.2, 0.25) is 0 Å². The number of aliphatic imine (C=N–C) groups is 1. The second-order valence-corrected chi connectivity index (χ2v) is 10.2. The van der Waals surface area contributed by atoms with E-state index in [0.29, 0.717) is 15.8 Å². The maximum absolute atomic E-state index is 12.1. The van der Waals surface area contributed by atoms with Gasteiger partial charge in [-0.3, -0.25) is 4.99 Å². The Hall–Kier alpha value is -1.21. The van der Waals surface area contributed by atoms with Crippen molar-refractivity contribution in [2.75, 3.05) is 16.4 Å². The second kappa shape index (κ2) is 7.08. The van der Waals surface area contributed by atoms with Crippen molar-refractivity contribution >= 4 is 55.7 Å². The van der Waals surface area contributed by atoms with Crippen molar-refractivity contribution in [3.05, 3.63) is 64.1 Å². The Kier molecular flexibility index (Phi) is 4.94. The summed E-state index contributed by atoms with van der Waals surface area (Å²) in [4.78, 5) is 6.76. The zero-order valence-corrected chi connectivity index (χ0v) is 16.8. The SMILES string of the molecule is O=S1(=O)C[C@H]2N=C(SCc3c(Cl)cccc3Cl)N(c3ccccc3)[C@H]2C1. The lowest BCUT2D eigenvalue weighted by Gasteiger charge is -2.26. The van der Waals surface area contributed by atoms with Crippen LogP contribution >= 0.6 is 35.0 Å². The molecule has 0 unspecified atom stereocenters. The van der Waals surface area contributed by atoms with E-state index in [-0.39, 0.29) is 23.6 Å². The fraction of sp³-hybridized carbons (Fsp3) is 0.278. The van der Waals surface area contributed by atoms with Crippen molar-refractivity contribution < 1.29 is 8.42 Å². The Labute approximate surface area is 167 Å². The van der Waals surface area contributed by atoms with Crippen LogP contribution in [-0.2, 0) is 15.6 Å². The average Bonchev–Trinajstić information content (AvgIpc) is 3.06. The predicted octanol–water partition coefficient (Wildman–Crippen LogP) is 4.27. The highest BCUT2D eigenvalue weighted by atomic mass is 35.5. The molecule has 0 spiro atoms. The molecule has 2 aromatic carbocycles. The molecule has 0 aromatic heterocycles. The lowest BCUT2D eigenvalue weighted by molar-refractivity contribution is 0.601. The van der Waals surface area contributed by atoms with Crippen molar-refractivity contribution in [3.63, 3.8) is 0 Å². The molecule has 0 N–H and O–H groups in total. The monoisotopic (exact) mass is 426 g/mol. The van der Waals surface area contributed by atoms with Gasteiger partial charge in [0, 0.05) is 21.5 Å². The summed E-state index contributed by atoms with van der Waals surface area (Å²) in [5, 5.41) is 2.06. The minimum atomic E-state index is -3.05. The standard InChI is InChI=1S/C18H16Cl2N2O2S2/c19-14-7-4-8-15(20)13(14)9-25-18-21-16-10-26(23,24)11-17(16)22(18)12-5-2-1-3-6-12/h1-8,16-17H,9-11H2/t16-,17+/m1/s1. The first kappa shape index (κ1) is 18.2. The smallest absolute Gasteiger partial charge is 0.164 e. The number of hydrogen-bond donors (Lipinski definition) is 0. The van der Waals surface area contributed by atoms with E-state index >= 15 is 0 Å². The number of fused-ring (bicyclic) bond motifs is 1. The Morgan fingerprint density at radius 3 is 2.42 bits per heavy atom. The zero-order valence-electron chi connectivity index (χ0n) is 13.7. The molecule has 4 rings (SSSR count). The summed E-state index contributed by atoms with van der Waals surface area (Å²) in [6.07, 6.45) is 0. The maximum Gasteiger partial charge on any atom is 0.164 e. The normalized spacial score (nSPS) is 23.8. The Morgan fingerprint density at radius 2 is 1.73 bits per heavy atom. The molecule has 0 amide bonds. The molecule has 4 nitrogen and oxygen atoms in total. The van der Waals surface area contributed by atoms with E-state index in [1.165, 1.54) is 11.8 Å². The molecule has 0 radical (unpaired) electrons. The number of benzene rings is 2. The second-order valence-electron chi connectivity index (χ2n) is 6.32. The predicted molar refractivity (Wildman–Crippen MR) is 110 cm³/mol. The molecule has 136 valence electrons. The summed E-state index contributed by atoms with van der Waals surface area (Å²) < 4.78 is 24.1. The van der Waals surface area contributed by atoms with Crippen molar-refractivity contribution in [1.82, 2.24) is 0 Å². The van der Waals surface area contributed by atoms with Gasteiger partial charge < -0.3 is 4.90 Å². The number of amidine groups is 1. The van der Waals surface area contributed by atoms with Crippen molar-refractivity contribution in [1.29, 1.82) is 0 Å². The molecular weight excluding hydrogens is 411 g/mol. The molecule has 2 aromatic rings. The van der Waals surface area contributed by atoms with Gasteiger partial charge in [0.1, 0.15) is 0 Å². The molecule has 26 heavy (non-hydrogen) atoms. The highest BCUT2D eigenvalue weighted by molar-refractivity contribution is 8.13. The maximum atomic E-state index is 12.1. The Balaban J connectivity index is 1.63. The molecule has 0 bridgehead atoms.